The van der Waals surface area contributed by atoms with Crippen molar-refractivity contribution in [2.24, 2.45) is 0 Å². The molecular formula is C15H24FN3. The van der Waals surface area contributed by atoms with Crippen molar-refractivity contribution in [3.05, 3.63) is 35.6 Å². The first-order valence-corrected chi connectivity index (χ1v) is 7.10. The molecule has 0 bridgehead atoms. The van der Waals surface area contributed by atoms with Crippen molar-refractivity contribution in [2.45, 2.75) is 13.0 Å². The van der Waals surface area contributed by atoms with Crippen LogP contribution in [0.4, 0.5) is 4.39 Å². The second kappa shape index (κ2) is 7.58. The Morgan fingerprint density at radius 3 is 2.84 bits per heavy atom. The van der Waals surface area contributed by atoms with E-state index in [1.54, 1.807) is 12.1 Å². The summed E-state index contributed by atoms with van der Waals surface area (Å²) in [5.74, 6) is -0.147. The van der Waals surface area contributed by atoms with E-state index < -0.39 is 0 Å². The summed E-state index contributed by atoms with van der Waals surface area (Å²) in [7, 11) is 2.10. The average Bonchev–Trinajstić information content (AvgIpc) is 2.40. The highest BCUT2D eigenvalue weighted by Gasteiger charge is 2.09. The van der Waals surface area contributed by atoms with Gasteiger partial charge in [0.25, 0.3) is 0 Å². The van der Waals surface area contributed by atoms with Gasteiger partial charge in [0.15, 0.2) is 0 Å². The van der Waals surface area contributed by atoms with Crippen LogP contribution in [-0.4, -0.2) is 56.1 Å². The number of benzene rings is 1. The lowest BCUT2D eigenvalue weighted by atomic mass is 10.2. The molecule has 0 aromatic heterocycles. The van der Waals surface area contributed by atoms with E-state index in [1.807, 2.05) is 6.07 Å². The number of halogens is 1. The number of nitrogens with zero attached hydrogens (tertiary/aromatic N) is 2. The van der Waals surface area contributed by atoms with Crippen LogP contribution < -0.4 is 5.32 Å². The van der Waals surface area contributed by atoms with E-state index in [4.69, 9.17) is 0 Å². The maximum atomic E-state index is 13.1. The van der Waals surface area contributed by atoms with E-state index in [2.05, 4.69) is 22.2 Å². The molecule has 0 unspecified atom stereocenters. The van der Waals surface area contributed by atoms with Crippen molar-refractivity contribution in [1.82, 2.24) is 15.1 Å². The topological polar surface area (TPSA) is 18.5 Å². The van der Waals surface area contributed by atoms with Gasteiger partial charge in [-0.1, -0.05) is 12.1 Å². The number of rotatable bonds is 6. The second-order valence-electron chi connectivity index (χ2n) is 5.31. The minimum Gasteiger partial charge on any atom is -0.314 e. The molecule has 106 valence electrons. The van der Waals surface area contributed by atoms with Gasteiger partial charge in [-0.3, -0.25) is 0 Å². The van der Waals surface area contributed by atoms with Gasteiger partial charge in [0.05, 0.1) is 0 Å². The zero-order valence-corrected chi connectivity index (χ0v) is 11.7. The predicted octanol–water partition coefficient (Wildman–Crippen LogP) is 1.55. The molecule has 0 amide bonds. The first kappa shape index (κ1) is 14.4. The van der Waals surface area contributed by atoms with Crippen molar-refractivity contribution >= 4 is 0 Å². The van der Waals surface area contributed by atoms with Gasteiger partial charge in [0.2, 0.25) is 0 Å². The molecule has 1 fully saturated rings. The van der Waals surface area contributed by atoms with Gasteiger partial charge in [0.1, 0.15) is 5.82 Å². The smallest absolute Gasteiger partial charge is 0.123 e. The zero-order chi connectivity index (χ0) is 13.5. The number of nitrogens with one attached hydrogen (secondary N) is 1. The van der Waals surface area contributed by atoms with Crippen molar-refractivity contribution in [3.63, 3.8) is 0 Å². The lowest BCUT2D eigenvalue weighted by Crippen LogP contribution is -2.44. The molecule has 1 aromatic carbocycles. The average molecular weight is 265 g/mol. The first-order chi connectivity index (χ1) is 9.24. The molecule has 0 radical (unpaired) electrons. The fraction of sp³-hybridized carbons (Fsp3) is 0.600. The fourth-order valence-electron chi connectivity index (χ4n) is 2.53. The van der Waals surface area contributed by atoms with E-state index in [1.165, 1.54) is 12.5 Å². The third-order valence-electron chi connectivity index (χ3n) is 3.57. The normalized spacial score (nSPS) is 17.0. The van der Waals surface area contributed by atoms with Crippen LogP contribution in [0.15, 0.2) is 24.3 Å². The van der Waals surface area contributed by atoms with E-state index in [0.29, 0.717) is 0 Å². The van der Waals surface area contributed by atoms with Crippen LogP contribution in [0.2, 0.25) is 0 Å². The quantitative estimate of drug-likeness (QED) is 0.842. The molecule has 0 saturated carbocycles. The summed E-state index contributed by atoms with van der Waals surface area (Å²) in [6.45, 7) is 7.58. The second-order valence-corrected chi connectivity index (χ2v) is 5.31. The first-order valence-electron chi connectivity index (χ1n) is 7.10. The summed E-state index contributed by atoms with van der Waals surface area (Å²) in [5.41, 5.74) is 1.05. The van der Waals surface area contributed by atoms with Crippen molar-refractivity contribution in [2.75, 3.05) is 46.3 Å². The summed E-state index contributed by atoms with van der Waals surface area (Å²) in [6.07, 6.45) is 1.17. The Kier molecular flexibility index (Phi) is 5.76. The Morgan fingerprint density at radius 2 is 2.11 bits per heavy atom. The molecule has 0 atom stereocenters. The SMILES string of the molecule is CN(CCCN1CCNCC1)Cc1cccc(F)c1. The molecule has 4 heteroatoms. The largest absolute Gasteiger partial charge is 0.314 e. The third-order valence-corrected chi connectivity index (χ3v) is 3.57. The maximum Gasteiger partial charge on any atom is 0.123 e. The van der Waals surface area contributed by atoms with Gasteiger partial charge < -0.3 is 15.1 Å². The summed E-state index contributed by atoms with van der Waals surface area (Å²) >= 11 is 0. The Bertz CT molecular complexity index is 377. The van der Waals surface area contributed by atoms with Crippen LogP contribution >= 0.6 is 0 Å². The summed E-state index contributed by atoms with van der Waals surface area (Å²) in [6, 6.07) is 6.87. The molecule has 1 aromatic rings. The number of hydrogen-bond donors (Lipinski definition) is 1. The molecule has 19 heavy (non-hydrogen) atoms. The Morgan fingerprint density at radius 1 is 1.32 bits per heavy atom. The highest BCUT2D eigenvalue weighted by Crippen LogP contribution is 2.06. The zero-order valence-electron chi connectivity index (χ0n) is 11.7. The molecule has 1 saturated heterocycles. The van der Waals surface area contributed by atoms with Crippen LogP contribution in [0.1, 0.15) is 12.0 Å². The van der Waals surface area contributed by atoms with Gasteiger partial charge >= 0.3 is 0 Å². The maximum absolute atomic E-state index is 13.1. The standard InChI is InChI=1S/C15H24FN3/c1-18(13-14-4-2-5-15(16)12-14)8-3-9-19-10-6-17-7-11-19/h2,4-5,12,17H,3,6-11,13H2,1H3. The van der Waals surface area contributed by atoms with E-state index >= 15 is 0 Å². The molecule has 1 aliphatic rings. The van der Waals surface area contributed by atoms with Crippen molar-refractivity contribution in [3.8, 4) is 0 Å². The van der Waals surface area contributed by atoms with Crippen molar-refractivity contribution < 1.29 is 4.39 Å². The van der Waals surface area contributed by atoms with E-state index in [0.717, 1.165) is 51.4 Å². The van der Waals surface area contributed by atoms with Crippen LogP contribution in [0.3, 0.4) is 0 Å². The Hall–Kier alpha value is -0.970. The summed E-state index contributed by atoms with van der Waals surface area (Å²) < 4.78 is 13.1. The van der Waals surface area contributed by atoms with Gasteiger partial charge in [-0.05, 0) is 44.3 Å². The predicted molar refractivity (Wildman–Crippen MR) is 76.7 cm³/mol. The van der Waals surface area contributed by atoms with Crippen molar-refractivity contribution in [1.29, 1.82) is 0 Å². The molecule has 1 aliphatic heterocycles. The van der Waals surface area contributed by atoms with Crippen LogP contribution in [0, 0.1) is 5.82 Å². The highest BCUT2D eigenvalue weighted by atomic mass is 19.1. The van der Waals surface area contributed by atoms with Crippen LogP contribution in [-0.2, 0) is 6.54 Å². The molecular weight excluding hydrogens is 241 g/mol. The highest BCUT2D eigenvalue weighted by molar-refractivity contribution is 5.15. The van der Waals surface area contributed by atoms with Crippen LogP contribution in [0.25, 0.3) is 0 Å². The minimum absolute atomic E-state index is 0.147. The minimum atomic E-state index is -0.147. The molecule has 0 aliphatic carbocycles. The fourth-order valence-corrected chi connectivity index (χ4v) is 2.53. The molecule has 1 N–H and O–H groups in total. The monoisotopic (exact) mass is 265 g/mol. The molecule has 3 nitrogen and oxygen atoms in total. The summed E-state index contributed by atoms with van der Waals surface area (Å²) in [4.78, 5) is 4.77. The number of piperazine rings is 1. The van der Waals surface area contributed by atoms with E-state index in [9.17, 15) is 4.39 Å². The van der Waals surface area contributed by atoms with Crippen LogP contribution in [0.5, 0.6) is 0 Å². The Labute approximate surface area is 115 Å². The van der Waals surface area contributed by atoms with Gasteiger partial charge in [-0.2, -0.15) is 0 Å². The lowest BCUT2D eigenvalue weighted by Gasteiger charge is -2.28. The summed E-state index contributed by atoms with van der Waals surface area (Å²) in [5, 5.41) is 3.36. The molecule has 1 heterocycles. The number of hydrogen-bond acceptors (Lipinski definition) is 3. The third kappa shape index (κ3) is 5.27. The van der Waals surface area contributed by atoms with Gasteiger partial charge in [-0.15, -0.1) is 0 Å². The van der Waals surface area contributed by atoms with Gasteiger partial charge in [-0.25, -0.2) is 4.39 Å². The Balaban J connectivity index is 1.65. The molecule has 2 rings (SSSR count). The van der Waals surface area contributed by atoms with Gasteiger partial charge in [0, 0.05) is 32.7 Å². The molecule has 0 spiro atoms. The van der Waals surface area contributed by atoms with E-state index in [-0.39, 0.29) is 5.82 Å². The lowest BCUT2D eigenvalue weighted by molar-refractivity contribution is 0.220.